The number of aliphatic hydroxyl groups excluding tert-OH is 1. The third-order valence-corrected chi connectivity index (χ3v) is 2.41. The highest BCUT2D eigenvalue weighted by Crippen LogP contribution is 1.99. The average Bonchev–Trinajstić information content (AvgIpc) is 2.21. The highest BCUT2D eigenvalue weighted by Gasteiger charge is 2.17. The second kappa shape index (κ2) is 5.92. The molecule has 0 aromatic carbocycles. The summed E-state index contributed by atoms with van der Waals surface area (Å²) < 4.78 is 0. The quantitative estimate of drug-likeness (QED) is 0.269. The minimum Gasteiger partial charge on any atom is -0.395 e. The number of hydrazine groups is 1. The molecule has 0 saturated carbocycles. The second-order valence-electron chi connectivity index (χ2n) is 3.41. The molecule has 0 aromatic heterocycles. The lowest BCUT2D eigenvalue weighted by atomic mass is 10.3. The molecule has 0 unspecified atom stereocenters. The number of nitrogens with zero attached hydrogens (tertiary/aromatic N) is 2. The van der Waals surface area contributed by atoms with Crippen LogP contribution in [0.25, 0.3) is 0 Å². The van der Waals surface area contributed by atoms with Gasteiger partial charge in [-0.3, -0.25) is 20.0 Å². The standard InChI is InChI=1S/C8H18N4O2/c9-10-8(14)7-12-3-1-11(2-4-12)5-6-13/h13H,1-7,9H2,(H,10,14). The Morgan fingerprint density at radius 2 is 1.86 bits per heavy atom. The highest BCUT2D eigenvalue weighted by molar-refractivity contribution is 5.77. The maximum atomic E-state index is 11.0. The Hall–Kier alpha value is -0.690. The second-order valence-corrected chi connectivity index (χ2v) is 3.41. The highest BCUT2D eigenvalue weighted by atomic mass is 16.3. The Balaban J connectivity index is 2.18. The van der Waals surface area contributed by atoms with Gasteiger partial charge < -0.3 is 5.11 Å². The molecule has 1 heterocycles. The summed E-state index contributed by atoms with van der Waals surface area (Å²) in [5.74, 6) is 4.84. The Morgan fingerprint density at radius 1 is 1.29 bits per heavy atom. The molecular weight excluding hydrogens is 184 g/mol. The van der Waals surface area contributed by atoms with Crippen LogP contribution < -0.4 is 11.3 Å². The summed E-state index contributed by atoms with van der Waals surface area (Å²) in [5, 5.41) is 8.73. The Labute approximate surface area is 83.6 Å². The van der Waals surface area contributed by atoms with Gasteiger partial charge in [0.2, 0.25) is 5.91 Å². The summed E-state index contributed by atoms with van der Waals surface area (Å²) in [4.78, 5) is 15.2. The predicted octanol–water partition coefficient (Wildman–Crippen LogP) is -2.41. The summed E-state index contributed by atoms with van der Waals surface area (Å²) >= 11 is 0. The van der Waals surface area contributed by atoms with Crippen molar-refractivity contribution in [2.75, 3.05) is 45.9 Å². The molecule has 1 aliphatic heterocycles. The van der Waals surface area contributed by atoms with E-state index < -0.39 is 0 Å². The maximum Gasteiger partial charge on any atom is 0.248 e. The smallest absolute Gasteiger partial charge is 0.248 e. The van der Waals surface area contributed by atoms with Gasteiger partial charge in [-0.25, -0.2) is 5.84 Å². The number of carbonyl (C=O) groups is 1. The topological polar surface area (TPSA) is 81.8 Å². The van der Waals surface area contributed by atoms with Gasteiger partial charge >= 0.3 is 0 Å². The Morgan fingerprint density at radius 3 is 2.36 bits per heavy atom. The monoisotopic (exact) mass is 202 g/mol. The van der Waals surface area contributed by atoms with Crippen LogP contribution >= 0.6 is 0 Å². The summed E-state index contributed by atoms with van der Waals surface area (Å²) in [6, 6.07) is 0. The third kappa shape index (κ3) is 3.59. The van der Waals surface area contributed by atoms with Gasteiger partial charge in [-0.05, 0) is 0 Å². The van der Waals surface area contributed by atoms with Gasteiger partial charge in [0.15, 0.2) is 0 Å². The lowest BCUT2D eigenvalue weighted by Crippen LogP contribution is -2.50. The molecule has 1 saturated heterocycles. The number of piperazine rings is 1. The van der Waals surface area contributed by atoms with E-state index in [0.29, 0.717) is 6.54 Å². The van der Waals surface area contributed by atoms with Crippen molar-refractivity contribution in [2.24, 2.45) is 5.84 Å². The zero-order valence-corrected chi connectivity index (χ0v) is 8.28. The first-order chi connectivity index (χ1) is 6.76. The van der Waals surface area contributed by atoms with Crippen LogP contribution in [-0.4, -0.2) is 66.7 Å². The molecule has 1 fully saturated rings. The van der Waals surface area contributed by atoms with Gasteiger partial charge in [0, 0.05) is 32.7 Å². The molecule has 1 aliphatic rings. The molecule has 1 rings (SSSR count). The van der Waals surface area contributed by atoms with Crippen molar-refractivity contribution in [1.29, 1.82) is 0 Å². The van der Waals surface area contributed by atoms with E-state index >= 15 is 0 Å². The first-order valence-corrected chi connectivity index (χ1v) is 4.81. The molecule has 14 heavy (non-hydrogen) atoms. The molecule has 1 amide bonds. The van der Waals surface area contributed by atoms with E-state index in [1.165, 1.54) is 0 Å². The van der Waals surface area contributed by atoms with Gasteiger partial charge in [-0.15, -0.1) is 0 Å². The van der Waals surface area contributed by atoms with E-state index in [2.05, 4.69) is 15.2 Å². The van der Waals surface area contributed by atoms with Crippen LogP contribution in [0, 0.1) is 0 Å². The van der Waals surface area contributed by atoms with Gasteiger partial charge in [0.05, 0.1) is 13.2 Å². The van der Waals surface area contributed by atoms with Gasteiger partial charge in [-0.1, -0.05) is 0 Å². The number of rotatable bonds is 4. The van der Waals surface area contributed by atoms with Crippen LogP contribution in [0.3, 0.4) is 0 Å². The summed E-state index contributed by atoms with van der Waals surface area (Å²) in [6.07, 6.45) is 0. The molecule has 0 aromatic rings. The number of carbonyl (C=O) groups excluding carboxylic acids is 1. The third-order valence-electron chi connectivity index (χ3n) is 2.41. The molecule has 0 radical (unpaired) electrons. The average molecular weight is 202 g/mol. The maximum absolute atomic E-state index is 11.0. The normalized spacial score (nSPS) is 19.6. The lowest BCUT2D eigenvalue weighted by Gasteiger charge is -2.33. The van der Waals surface area contributed by atoms with E-state index in [0.717, 1.165) is 32.7 Å². The molecular formula is C8H18N4O2. The van der Waals surface area contributed by atoms with E-state index in [-0.39, 0.29) is 12.5 Å². The van der Waals surface area contributed by atoms with Crippen LogP contribution in [-0.2, 0) is 4.79 Å². The van der Waals surface area contributed by atoms with E-state index in [4.69, 9.17) is 10.9 Å². The first kappa shape index (κ1) is 11.4. The zero-order valence-electron chi connectivity index (χ0n) is 8.28. The van der Waals surface area contributed by atoms with Crippen LogP contribution in [0.15, 0.2) is 0 Å². The van der Waals surface area contributed by atoms with Crippen molar-refractivity contribution in [3.8, 4) is 0 Å². The van der Waals surface area contributed by atoms with E-state index in [9.17, 15) is 4.79 Å². The van der Waals surface area contributed by atoms with E-state index in [1.54, 1.807) is 0 Å². The molecule has 0 spiro atoms. The van der Waals surface area contributed by atoms with Crippen LogP contribution in [0.1, 0.15) is 0 Å². The molecule has 0 aliphatic carbocycles. The number of nitrogens with two attached hydrogens (primary N) is 1. The molecule has 4 N–H and O–H groups in total. The summed E-state index contributed by atoms with van der Waals surface area (Å²) in [5.41, 5.74) is 2.11. The van der Waals surface area contributed by atoms with Crippen molar-refractivity contribution < 1.29 is 9.90 Å². The predicted molar refractivity (Wildman–Crippen MR) is 52.3 cm³/mol. The summed E-state index contributed by atoms with van der Waals surface area (Å²) in [6.45, 7) is 4.79. The molecule has 82 valence electrons. The molecule has 0 bridgehead atoms. The number of aliphatic hydroxyl groups is 1. The van der Waals surface area contributed by atoms with Crippen LogP contribution in [0.2, 0.25) is 0 Å². The van der Waals surface area contributed by atoms with Crippen molar-refractivity contribution >= 4 is 5.91 Å². The summed E-state index contributed by atoms with van der Waals surface area (Å²) in [7, 11) is 0. The number of hydrogen-bond acceptors (Lipinski definition) is 5. The van der Waals surface area contributed by atoms with Gasteiger partial charge in [-0.2, -0.15) is 0 Å². The Kier molecular flexibility index (Phi) is 4.81. The number of β-amino-alcohol motifs (C(OH)–C–C–N with tert-alkyl or cyclic N) is 1. The lowest BCUT2D eigenvalue weighted by molar-refractivity contribution is -0.122. The minimum atomic E-state index is -0.152. The number of nitrogens with one attached hydrogen (secondary N) is 1. The Bertz CT molecular complexity index is 180. The van der Waals surface area contributed by atoms with Crippen molar-refractivity contribution in [2.45, 2.75) is 0 Å². The van der Waals surface area contributed by atoms with Crippen LogP contribution in [0.5, 0.6) is 0 Å². The van der Waals surface area contributed by atoms with E-state index in [1.807, 2.05) is 0 Å². The van der Waals surface area contributed by atoms with Crippen molar-refractivity contribution in [1.82, 2.24) is 15.2 Å². The first-order valence-electron chi connectivity index (χ1n) is 4.81. The fourth-order valence-corrected chi connectivity index (χ4v) is 1.56. The molecule has 0 atom stereocenters. The fraction of sp³-hybridized carbons (Fsp3) is 0.875. The van der Waals surface area contributed by atoms with Crippen LogP contribution in [0.4, 0.5) is 0 Å². The van der Waals surface area contributed by atoms with Gasteiger partial charge in [0.25, 0.3) is 0 Å². The fourth-order valence-electron chi connectivity index (χ4n) is 1.56. The zero-order chi connectivity index (χ0) is 10.4. The molecule has 6 heteroatoms. The largest absolute Gasteiger partial charge is 0.395 e. The minimum absolute atomic E-state index is 0.152. The number of hydrogen-bond donors (Lipinski definition) is 3. The van der Waals surface area contributed by atoms with Crippen molar-refractivity contribution in [3.05, 3.63) is 0 Å². The SMILES string of the molecule is NNC(=O)CN1CCN(CCO)CC1. The number of amides is 1. The van der Waals surface area contributed by atoms with Gasteiger partial charge in [0.1, 0.15) is 0 Å². The van der Waals surface area contributed by atoms with Crippen molar-refractivity contribution in [3.63, 3.8) is 0 Å². The molecule has 6 nitrogen and oxygen atoms in total.